The van der Waals surface area contributed by atoms with Gasteiger partial charge in [-0.05, 0) is 25.7 Å². The van der Waals surface area contributed by atoms with Crippen molar-refractivity contribution >= 4 is 0 Å². The van der Waals surface area contributed by atoms with E-state index in [9.17, 15) is 0 Å². The maximum absolute atomic E-state index is 2.58. The van der Waals surface area contributed by atoms with Crippen LogP contribution in [0.1, 0.15) is 85.0 Å². The van der Waals surface area contributed by atoms with Gasteiger partial charge in [-0.2, -0.15) is 0 Å². The van der Waals surface area contributed by atoms with Gasteiger partial charge in [0.05, 0.1) is 0 Å². The quantitative estimate of drug-likeness (QED) is 0.444. The van der Waals surface area contributed by atoms with Crippen LogP contribution in [0.3, 0.4) is 0 Å². The molecule has 118 valence electrons. The second-order valence-electron chi connectivity index (χ2n) is 6.16. The second kappa shape index (κ2) is 11.0. The number of nitrogens with zero attached hydrogens (tertiary/aromatic N) is 2. The van der Waals surface area contributed by atoms with Gasteiger partial charge in [-0.15, -0.1) is 0 Å². The normalized spacial score (nSPS) is 15.6. The summed E-state index contributed by atoms with van der Waals surface area (Å²) in [7, 11) is 0. The summed E-state index contributed by atoms with van der Waals surface area (Å²) in [4.78, 5) is 5.16. The van der Waals surface area contributed by atoms with Crippen LogP contribution in [0, 0.1) is 0 Å². The lowest BCUT2D eigenvalue weighted by molar-refractivity contribution is 0.136. The summed E-state index contributed by atoms with van der Waals surface area (Å²) in [5.41, 5.74) is 0. The highest BCUT2D eigenvalue weighted by Gasteiger charge is 2.24. The van der Waals surface area contributed by atoms with Gasteiger partial charge in [-0.1, -0.05) is 59.3 Å². The zero-order chi connectivity index (χ0) is 14.6. The minimum atomic E-state index is 0.648. The molecule has 0 aliphatic carbocycles. The van der Waals surface area contributed by atoms with Crippen molar-refractivity contribution in [2.75, 3.05) is 13.1 Å². The zero-order valence-corrected chi connectivity index (χ0v) is 14.1. The predicted octanol–water partition coefficient (Wildman–Crippen LogP) is 5.36. The van der Waals surface area contributed by atoms with E-state index in [0.29, 0.717) is 6.17 Å². The Kier molecular flexibility index (Phi) is 9.61. The van der Waals surface area contributed by atoms with E-state index in [4.69, 9.17) is 0 Å². The van der Waals surface area contributed by atoms with Crippen molar-refractivity contribution in [2.24, 2.45) is 0 Å². The first-order valence-corrected chi connectivity index (χ1v) is 9.03. The van der Waals surface area contributed by atoms with Crippen LogP contribution >= 0.6 is 0 Å². The van der Waals surface area contributed by atoms with Crippen LogP contribution in [0.4, 0.5) is 0 Å². The standard InChI is InChI=1S/C18H36N2/c1-4-7-10-11-12-13-18-19(14-8-5-2)16-17-20(18)15-9-6-3/h16-18H,4-15H2,1-3H3. The molecular formula is C18H36N2. The fraction of sp³-hybridized carbons (Fsp3) is 0.889. The molecule has 1 aliphatic rings. The second-order valence-corrected chi connectivity index (χ2v) is 6.16. The lowest BCUT2D eigenvalue weighted by atomic mass is 10.1. The van der Waals surface area contributed by atoms with Gasteiger partial charge in [-0.3, -0.25) is 0 Å². The Hall–Kier alpha value is -0.660. The monoisotopic (exact) mass is 280 g/mol. The first kappa shape index (κ1) is 17.4. The zero-order valence-electron chi connectivity index (χ0n) is 14.1. The molecule has 0 aromatic heterocycles. The third kappa shape index (κ3) is 6.19. The van der Waals surface area contributed by atoms with Crippen molar-refractivity contribution in [3.8, 4) is 0 Å². The lowest BCUT2D eigenvalue weighted by Crippen LogP contribution is -2.39. The maximum atomic E-state index is 2.58. The Morgan fingerprint density at radius 1 is 0.650 bits per heavy atom. The molecule has 20 heavy (non-hydrogen) atoms. The Morgan fingerprint density at radius 2 is 1.15 bits per heavy atom. The summed E-state index contributed by atoms with van der Waals surface area (Å²) >= 11 is 0. The molecular weight excluding hydrogens is 244 g/mol. The molecule has 2 heteroatoms. The van der Waals surface area contributed by atoms with Crippen LogP contribution < -0.4 is 0 Å². The molecule has 1 heterocycles. The first-order valence-electron chi connectivity index (χ1n) is 9.03. The summed E-state index contributed by atoms with van der Waals surface area (Å²) in [6, 6.07) is 0. The molecule has 0 fully saturated rings. The molecule has 0 radical (unpaired) electrons. The van der Waals surface area contributed by atoms with Crippen molar-refractivity contribution in [3.63, 3.8) is 0 Å². The Labute approximate surface area is 127 Å². The molecule has 0 unspecified atom stereocenters. The minimum absolute atomic E-state index is 0.648. The summed E-state index contributed by atoms with van der Waals surface area (Å²) in [5, 5.41) is 0. The predicted molar refractivity (Wildman–Crippen MR) is 89.5 cm³/mol. The molecule has 0 amide bonds. The van der Waals surface area contributed by atoms with E-state index < -0.39 is 0 Å². The smallest absolute Gasteiger partial charge is 0.101 e. The van der Waals surface area contributed by atoms with Crippen molar-refractivity contribution < 1.29 is 0 Å². The van der Waals surface area contributed by atoms with Gasteiger partial charge >= 0.3 is 0 Å². The molecule has 0 saturated carbocycles. The van der Waals surface area contributed by atoms with Gasteiger partial charge in [0.1, 0.15) is 6.17 Å². The van der Waals surface area contributed by atoms with Crippen molar-refractivity contribution in [1.82, 2.24) is 9.80 Å². The summed E-state index contributed by atoms with van der Waals surface area (Å²) in [6.07, 6.45) is 18.8. The molecule has 0 N–H and O–H groups in total. The molecule has 0 aromatic rings. The lowest BCUT2D eigenvalue weighted by Gasteiger charge is -2.33. The maximum Gasteiger partial charge on any atom is 0.101 e. The van der Waals surface area contributed by atoms with Crippen LogP contribution in [0.15, 0.2) is 12.4 Å². The van der Waals surface area contributed by atoms with Gasteiger partial charge in [0.15, 0.2) is 0 Å². The highest BCUT2D eigenvalue weighted by molar-refractivity contribution is 4.96. The third-order valence-electron chi connectivity index (χ3n) is 4.32. The van der Waals surface area contributed by atoms with Gasteiger partial charge in [0, 0.05) is 25.5 Å². The third-order valence-corrected chi connectivity index (χ3v) is 4.32. The van der Waals surface area contributed by atoms with E-state index in [0.717, 1.165) is 0 Å². The van der Waals surface area contributed by atoms with Crippen LogP contribution in [-0.2, 0) is 0 Å². The number of hydrogen-bond donors (Lipinski definition) is 0. The molecule has 1 rings (SSSR count). The Balaban J connectivity index is 2.35. The number of rotatable bonds is 12. The van der Waals surface area contributed by atoms with Gasteiger partial charge in [0.2, 0.25) is 0 Å². The average Bonchev–Trinajstić information content (AvgIpc) is 2.85. The average molecular weight is 280 g/mol. The van der Waals surface area contributed by atoms with E-state index >= 15 is 0 Å². The van der Waals surface area contributed by atoms with Gasteiger partial charge in [0.25, 0.3) is 0 Å². The molecule has 1 aliphatic heterocycles. The van der Waals surface area contributed by atoms with Gasteiger partial charge < -0.3 is 9.80 Å². The molecule has 0 aromatic carbocycles. The molecule has 0 bridgehead atoms. The summed E-state index contributed by atoms with van der Waals surface area (Å²) in [6.45, 7) is 9.33. The first-order chi connectivity index (χ1) is 9.83. The van der Waals surface area contributed by atoms with Crippen LogP contribution in [0.25, 0.3) is 0 Å². The highest BCUT2D eigenvalue weighted by Crippen LogP contribution is 2.22. The number of hydrogen-bond acceptors (Lipinski definition) is 2. The van der Waals surface area contributed by atoms with Crippen molar-refractivity contribution in [3.05, 3.63) is 12.4 Å². The summed E-state index contributed by atoms with van der Waals surface area (Å²) in [5.74, 6) is 0. The van der Waals surface area contributed by atoms with E-state index in [1.165, 1.54) is 77.3 Å². The fourth-order valence-electron chi connectivity index (χ4n) is 2.95. The van der Waals surface area contributed by atoms with E-state index in [2.05, 4.69) is 43.0 Å². The van der Waals surface area contributed by atoms with Gasteiger partial charge in [-0.25, -0.2) is 0 Å². The Morgan fingerprint density at radius 3 is 1.65 bits per heavy atom. The van der Waals surface area contributed by atoms with Crippen LogP contribution in [0.5, 0.6) is 0 Å². The van der Waals surface area contributed by atoms with E-state index in [1.54, 1.807) is 0 Å². The topological polar surface area (TPSA) is 6.48 Å². The fourth-order valence-corrected chi connectivity index (χ4v) is 2.95. The SMILES string of the molecule is CCCCCCCC1N(CCCC)C=CN1CCCC. The summed E-state index contributed by atoms with van der Waals surface area (Å²) < 4.78 is 0. The molecule has 0 spiro atoms. The Bertz CT molecular complexity index is 232. The van der Waals surface area contributed by atoms with E-state index in [1.807, 2.05) is 0 Å². The molecule has 0 saturated heterocycles. The van der Waals surface area contributed by atoms with E-state index in [-0.39, 0.29) is 0 Å². The largest absolute Gasteiger partial charge is 0.356 e. The van der Waals surface area contributed by atoms with Crippen LogP contribution in [-0.4, -0.2) is 29.1 Å². The van der Waals surface area contributed by atoms with Crippen molar-refractivity contribution in [1.29, 1.82) is 0 Å². The highest BCUT2D eigenvalue weighted by atomic mass is 15.4. The molecule has 2 nitrogen and oxygen atoms in total. The number of unbranched alkanes of at least 4 members (excludes halogenated alkanes) is 6. The van der Waals surface area contributed by atoms with Crippen LogP contribution in [0.2, 0.25) is 0 Å². The molecule has 0 atom stereocenters. The van der Waals surface area contributed by atoms with Crippen molar-refractivity contribution in [2.45, 2.75) is 91.1 Å². The minimum Gasteiger partial charge on any atom is -0.356 e.